The third-order valence-corrected chi connectivity index (χ3v) is 2.84. The van der Waals surface area contributed by atoms with Crippen LogP contribution in [0.4, 0.5) is 10.1 Å². The lowest BCUT2D eigenvalue weighted by molar-refractivity contribution is 0.402. The Hall–Kier alpha value is -1.87. The predicted octanol–water partition coefficient (Wildman–Crippen LogP) is 3.50. The Morgan fingerprint density at radius 3 is 2.37 bits per heavy atom. The summed E-state index contributed by atoms with van der Waals surface area (Å²) in [6, 6.07) is 15.0. The summed E-state index contributed by atoms with van der Waals surface area (Å²) >= 11 is 0. The second-order valence-electron chi connectivity index (χ2n) is 4.92. The molecule has 0 atom stereocenters. The first-order valence-corrected chi connectivity index (χ1v) is 6.35. The van der Waals surface area contributed by atoms with Gasteiger partial charge in [-0.25, -0.2) is 4.39 Å². The van der Waals surface area contributed by atoms with Gasteiger partial charge >= 0.3 is 0 Å². The average molecular weight is 258 g/mol. The molecule has 2 aromatic carbocycles. The molecular weight excluding hydrogens is 239 g/mol. The summed E-state index contributed by atoms with van der Waals surface area (Å²) in [6.45, 7) is 1.56. The van der Waals surface area contributed by atoms with E-state index >= 15 is 0 Å². The molecule has 0 amide bonds. The van der Waals surface area contributed by atoms with Crippen LogP contribution in [0.2, 0.25) is 0 Å². The van der Waals surface area contributed by atoms with Gasteiger partial charge in [-0.15, -0.1) is 0 Å². The van der Waals surface area contributed by atoms with Crippen molar-refractivity contribution in [3.05, 3.63) is 65.5 Å². The molecule has 0 aliphatic rings. The second-order valence-corrected chi connectivity index (χ2v) is 4.92. The second kappa shape index (κ2) is 6.34. The van der Waals surface area contributed by atoms with Crippen LogP contribution >= 0.6 is 0 Å². The zero-order chi connectivity index (χ0) is 13.7. The van der Waals surface area contributed by atoms with Gasteiger partial charge in [0.05, 0.1) is 0 Å². The molecule has 0 aliphatic heterocycles. The maximum Gasteiger partial charge on any atom is 0.123 e. The molecule has 0 aromatic heterocycles. The molecule has 2 aromatic rings. The summed E-state index contributed by atoms with van der Waals surface area (Å²) in [5.74, 6) is -0.194. The fourth-order valence-corrected chi connectivity index (χ4v) is 1.94. The Morgan fingerprint density at radius 1 is 1.00 bits per heavy atom. The maximum atomic E-state index is 13.0. The van der Waals surface area contributed by atoms with Crippen molar-refractivity contribution in [2.45, 2.75) is 13.1 Å². The quantitative estimate of drug-likeness (QED) is 0.883. The van der Waals surface area contributed by atoms with Crippen molar-refractivity contribution in [2.24, 2.45) is 0 Å². The summed E-state index contributed by atoms with van der Waals surface area (Å²) in [7, 11) is 4.10. The Balaban J connectivity index is 1.93. The Kier molecular flexibility index (Phi) is 4.53. The summed E-state index contributed by atoms with van der Waals surface area (Å²) in [5, 5.41) is 3.29. The zero-order valence-electron chi connectivity index (χ0n) is 11.4. The highest BCUT2D eigenvalue weighted by Crippen LogP contribution is 2.12. The van der Waals surface area contributed by atoms with E-state index in [1.165, 1.54) is 11.6 Å². The SMILES string of the molecule is CN(C)Cc1ccc(NCc2cccc(F)c2)cc1. The number of nitrogens with one attached hydrogen (secondary N) is 1. The summed E-state index contributed by atoms with van der Waals surface area (Å²) in [6.07, 6.45) is 0. The molecule has 3 heteroatoms. The smallest absolute Gasteiger partial charge is 0.123 e. The first kappa shape index (κ1) is 13.6. The molecule has 19 heavy (non-hydrogen) atoms. The molecule has 1 N–H and O–H groups in total. The van der Waals surface area contributed by atoms with Crippen molar-refractivity contribution in [1.82, 2.24) is 4.90 Å². The van der Waals surface area contributed by atoms with Crippen LogP contribution in [0.25, 0.3) is 0 Å². The fourth-order valence-electron chi connectivity index (χ4n) is 1.94. The Morgan fingerprint density at radius 2 is 1.74 bits per heavy atom. The first-order chi connectivity index (χ1) is 9.13. The van der Waals surface area contributed by atoms with Gasteiger partial charge in [0.2, 0.25) is 0 Å². The molecule has 2 rings (SSSR count). The van der Waals surface area contributed by atoms with Gasteiger partial charge in [-0.2, -0.15) is 0 Å². The highest BCUT2D eigenvalue weighted by molar-refractivity contribution is 5.45. The molecule has 0 unspecified atom stereocenters. The standard InChI is InChI=1S/C16H19FN2/c1-19(2)12-13-6-8-16(9-7-13)18-11-14-4-3-5-15(17)10-14/h3-10,18H,11-12H2,1-2H3. The van der Waals surface area contributed by atoms with Gasteiger partial charge in [0, 0.05) is 18.8 Å². The molecule has 0 spiro atoms. The Bertz CT molecular complexity index is 521. The van der Waals surface area contributed by atoms with Crippen LogP contribution < -0.4 is 5.32 Å². The number of nitrogens with zero attached hydrogens (tertiary/aromatic N) is 1. The van der Waals surface area contributed by atoms with Crippen LogP contribution in [0.3, 0.4) is 0 Å². The first-order valence-electron chi connectivity index (χ1n) is 6.35. The number of rotatable bonds is 5. The summed E-state index contributed by atoms with van der Waals surface area (Å²) < 4.78 is 13.0. The highest BCUT2D eigenvalue weighted by Gasteiger charge is 1.98. The van der Waals surface area contributed by atoms with E-state index in [1.54, 1.807) is 12.1 Å². The normalized spacial score (nSPS) is 10.7. The number of hydrogen-bond acceptors (Lipinski definition) is 2. The summed E-state index contributed by atoms with van der Waals surface area (Å²) in [4.78, 5) is 2.13. The van der Waals surface area contributed by atoms with E-state index in [9.17, 15) is 4.39 Å². The number of hydrogen-bond donors (Lipinski definition) is 1. The van der Waals surface area contributed by atoms with Gasteiger partial charge in [-0.1, -0.05) is 24.3 Å². The molecule has 0 bridgehead atoms. The van der Waals surface area contributed by atoms with Crippen LogP contribution in [-0.2, 0) is 13.1 Å². The molecule has 0 aliphatic carbocycles. The largest absolute Gasteiger partial charge is 0.381 e. The van der Waals surface area contributed by atoms with Crippen LogP contribution in [0, 0.1) is 5.82 Å². The molecule has 0 heterocycles. The highest BCUT2D eigenvalue weighted by atomic mass is 19.1. The lowest BCUT2D eigenvalue weighted by Crippen LogP contribution is -2.10. The molecule has 100 valence electrons. The van der Waals surface area contributed by atoms with Crippen molar-refractivity contribution in [3.63, 3.8) is 0 Å². The zero-order valence-corrected chi connectivity index (χ0v) is 11.4. The van der Waals surface area contributed by atoms with Crippen LogP contribution in [0.5, 0.6) is 0 Å². The van der Waals surface area contributed by atoms with E-state index in [0.29, 0.717) is 6.54 Å². The Labute approximate surface area is 113 Å². The van der Waals surface area contributed by atoms with Crippen molar-refractivity contribution in [1.29, 1.82) is 0 Å². The van der Waals surface area contributed by atoms with E-state index < -0.39 is 0 Å². The van der Waals surface area contributed by atoms with Crippen LogP contribution in [0.1, 0.15) is 11.1 Å². The van der Waals surface area contributed by atoms with Gasteiger partial charge in [-0.05, 0) is 49.5 Å². The fraction of sp³-hybridized carbons (Fsp3) is 0.250. The monoisotopic (exact) mass is 258 g/mol. The van der Waals surface area contributed by atoms with E-state index in [4.69, 9.17) is 0 Å². The average Bonchev–Trinajstić information content (AvgIpc) is 2.37. The van der Waals surface area contributed by atoms with Crippen LogP contribution in [-0.4, -0.2) is 19.0 Å². The van der Waals surface area contributed by atoms with Gasteiger partial charge in [0.1, 0.15) is 5.82 Å². The van der Waals surface area contributed by atoms with E-state index in [1.807, 2.05) is 6.07 Å². The van der Waals surface area contributed by atoms with Crippen molar-refractivity contribution < 1.29 is 4.39 Å². The number of halogens is 1. The predicted molar refractivity (Wildman–Crippen MR) is 77.6 cm³/mol. The lowest BCUT2D eigenvalue weighted by atomic mass is 10.2. The van der Waals surface area contributed by atoms with E-state index in [0.717, 1.165) is 17.8 Å². The minimum atomic E-state index is -0.194. The molecule has 0 saturated heterocycles. The minimum Gasteiger partial charge on any atom is -0.381 e. The topological polar surface area (TPSA) is 15.3 Å². The third kappa shape index (κ3) is 4.38. The molecule has 0 radical (unpaired) electrons. The van der Waals surface area contributed by atoms with Gasteiger partial charge in [0.25, 0.3) is 0 Å². The van der Waals surface area contributed by atoms with E-state index in [2.05, 4.69) is 48.6 Å². The molecule has 0 fully saturated rings. The maximum absolute atomic E-state index is 13.0. The molecular formula is C16H19FN2. The van der Waals surface area contributed by atoms with Crippen molar-refractivity contribution in [3.8, 4) is 0 Å². The van der Waals surface area contributed by atoms with Crippen molar-refractivity contribution >= 4 is 5.69 Å². The number of benzene rings is 2. The van der Waals surface area contributed by atoms with Crippen LogP contribution in [0.15, 0.2) is 48.5 Å². The minimum absolute atomic E-state index is 0.194. The van der Waals surface area contributed by atoms with E-state index in [-0.39, 0.29) is 5.82 Å². The lowest BCUT2D eigenvalue weighted by Gasteiger charge is -2.11. The van der Waals surface area contributed by atoms with Crippen molar-refractivity contribution in [2.75, 3.05) is 19.4 Å². The van der Waals surface area contributed by atoms with Gasteiger partial charge in [-0.3, -0.25) is 0 Å². The number of anilines is 1. The van der Waals surface area contributed by atoms with Gasteiger partial charge < -0.3 is 10.2 Å². The molecule has 0 saturated carbocycles. The summed E-state index contributed by atoms with van der Waals surface area (Å²) in [5.41, 5.74) is 3.27. The molecule has 2 nitrogen and oxygen atoms in total. The van der Waals surface area contributed by atoms with Gasteiger partial charge in [0.15, 0.2) is 0 Å². The third-order valence-electron chi connectivity index (χ3n) is 2.84.